The Morgan fingerprint density at radius 1 is 1.12 bits per heavy atom. The van der Waals surface area contributed by atoms with E-state index in [0.717, 1.165) is 12.0 Å². The molecule has 0 bridgehead atoms. The van der Waals surface area contributed by atoms with E-state index in [1.807, 2.05) is 0 Å². The van der Waals surface area contributed by atoms with Crippen LogP contribution in [0.2, 0.25) is 0 Å². The Balaban J connectivity index is 2.21. The molecule has 0 amide bonds. The summed E-state index contributed by atoms with van der Waals surface area (Å²) in [4.78, 5) is 0. The molecule has 0 aliphatic heterocycles. The number of halogens is 1. The fourth-order valence-corrected chi connectivity index (χ4v) is 1.49. The standard InChI is InChI=1S/C13H15FN2O/c1-13(2,3)8-11-15-16-12(17-11)9-4-6-10(14)7-5-9/h4-7H,8H2,1-3H3. The van der Waals surface area contributed by atoms with Gasteiger partial charge in [0.25, 0.3) is 0 Å². The van der Waals surface area contributed by atoms with E-state index in [-0.39, 0.29) is 11.2 Å². The third-order valence-corrected chi connectivity index (χ3v) is 2.24. The van der Waals surface area contributed by atoms with Crippen LogP contribution < -0.4 is 0 Å². The molecule has 1 aromatic heterocycles. The van der Waals surface area contributed by atoms with E-state index in [1.54, 1.807) is 12.1 Å². The first-order valence-electron chi connectivity index (χ1n) is 5.52. The van der Waals surface area contributed by atoms with Crippen molar-refractivity contribution in [3.8, 4) is 11.5 Å². The Kier molecular flexibility index (Phi) is 2.96. The monoisotopic (exact) mass is 234 g/mol. The van der Waals surface area contributed by atoms with Crippen molar-refractivity contribution in [3.63, 3.8) is 0 Å². The van der Waals surface area contributed by atoms with Gasteiger partial charge in [-0.05, 0) is 29.7 Å². The van der Waals surface area contributed by atoms with Crippen LogP contribution in [0.25, 0.3) is 11.5 Å². The van der Waals surface area contributed by atoms with E-state index >= 15 is 0 Å². The largest absolute Gasteiger partial charge is 0.421 e. The lowest BCUT2D eigenvalue weighted by atomic mass is 9.92. The first-order valence-corrected chi connectivity index (χ1v) is 5.52. The van der Waals surface area contributed by atoms with Crippen LogP contribution in [0.3, 0.4) is 0 Å². The van der Waals surface area contributed by atoms with Gasteiger partial charge in [-0.1, -0.05) is 20.8 Å². The maximum absolute atomic E-state index is 12.8. The Morgan fingerprint density at radius 3 is 2.35 bits per heavy atom. The third-order valence-electron chi connectivity index (χ3n) is 2.24. The van der Waals surface area contributed by atoms with Gasteiger partial charge in [0.05, 0.1) is 0 Å². The van der Waals surface area contributed by atoms with Gasteiger partial charge in [-0.2, -0.15) is 0 Å². The van der Waals surface area contributed by atoms with Gasteiger partial charge in [0, 0.05) is 12.0 Å². The molecule has 17 heavy (non-hydrogen) atoms. The summed E-state index contributed by atoms with van der Waals surface area (Å²) in [5.74, 6) is 0.768. The van der Waals surface area contributed by atoms with Crippen LogP contribution in [0.5, 0.6) is 0 Å². The van der Waals surface area contributed by atoms with Crippen molar-refractivity contribution in [1.82, 2.24) is 10.2 Å². The van der Waals surface area contributed by atoms with Crippen molar-refractivity contribution < 1.29 is 8.81 Å². The second-order valence-electron chi connectivity index (χ2n) is 5.25. The molecule has 0 saturated carbocycles. The van der Waals surface area contributed by atoms with Crippen LogP contribution in [0.1, 0.15) is 26.7 Å². The lowest BCUT2D eigenvalue weighted by molar-refractivity contribution is 0.357. The number of aromatic nitrogens is 2. The summed E-state index contributed by atoms with van der Waals surface area (Å²) in [6.07, 6.45) is 0.723. The van der Waals surface area contributed by atoms with Crippen LogP contribution >= 0.6 is 0 Å². The number of nitrogens with zero attached hydrogens (tertiary/aromatic N) is 2. The highest BCUT2D eigenvalue weighted by Gasteiger charge is 2.16. The second kappa shape index (κ2) is 4.28. The second-order valence-corrected chi connectivity index (χ2v) is 5.25. The average molecular weight is 234 g/mol. The minimum absolute atomic E-state index is 0.104. The molecule has 2 aromatic rings. The lowest BCUT2D eigenvalue weighted by Crippen LogP contribution is -2.09. The molecular weight excluding hydrogens is 219 g/mol. The fourth-order valence-electron chi connectivity index (χ4n) is 1.49. The zero-order chi connectivity index (χ0) is 12.5. The van der Waals surface area contributed by atoms with E-state index in [1.165, 1.54) is 12.1 Å². The molecule has 0 fully saturated rings. The summed E-state index contributed by atoms with van der Waals surface area (Å²) in [5, 5.41) is 7.95. The summed E-state index contributed by atoms with van der Waals surface area (Å²) in [6.45, 7) is 6.32. The van der Waals surface area contributed by atoms with Crippen molar-refractivity contribution in [2.45, 2.75) is 27.2 Å². The number of rotatable bonds is 2. The van der Waals surface area contributed by atoms with Crippen LogP contribution in [-0.2, 0) is 6.42 Å². The van der Waals surface area contributed by atoms with Gasteiger partial charge < -0.3 is 4.42 Å². The minimum atomic E-state index is -0.275. The van der Waals surface area contributed by atoms with Gasteiger partial charge in [0.2, 0.25) is 11.8 Å². The molecule has 1 heterocycles. The number of hydrogen-bond donors (Lipinski definition) is 0. The van der Waals surface area contributed by atoms with Gasteiger partial charge in [0.1, 0.15) is 5.82 Å². The zero-order valence-corrected chi connectivity index (χ0v) is 10.2. The van der Waals surface area contributed by atoms with Gasteiger partial charge in [0.15, 0.2) is 0 Å². The average Bonchev–Trinajstić information content (AvgIpc) is 2.64. The van der Waals surface area contributed by atoms with Crippen molar-refractivity contribution >= 4 is 0 Å². The SMILES string of the molecule is CC(C)(C)Cc1nnc(-c2ccc(F)cc2)o1. The highest BCUT2D eigenvalue weighted by Crippen LogP contribution is 2.23. The van der Waals surface area contributed by atoms with Gasteiger partial charge in [-0.25, -0.2) is 4.39 Å². The Labute approximate surface area is 99.7 Å². The Bertz CT molecular complexity index is 497. The summed E-state index contributed by atoms with van der Waals surface area (Å²) in [5.41, 5.74) is 0.839. The van der Waals surface area contributed by atoms with Crippen molar-refractivity contribution in [2.24, 2.45) is 5.41 Å². The van der Waals surface area contributed by atoms with Crippen molar-refractivity contribution in [3.05, 3.63) is 36.0 Å². The van der Waals surface area contributed by atoms with Gasteiger partial charge in [-0.3, -0.25) is 0 Å². The van der Waals surface area contributed by atoms with Crippen LogP contribution in [0.15, 0.2) is 28.7 Å². The highest BCUT2D eigenvalue weighted by atomic mass is 19.1. The van der Waals surface area contributed by atoms with Crippen molar-refractivity contribution in [2.75, 3.05) is 0 Å². The normalized spacial score (nSPS) is 11.8. The molecule has 90 valence electrons. The molecule has 3 nitrogen and oxygen atoms in total. The molecule has 0 unspecified atom stereocenters. The quantitative estimate of drug-likeness (QED) is 0.798. The van der Waals surface area contributed by atoms with E-state index in [9.17, 15) is 4.39 Å². The molecule has 2 rings (SSSR count). The molecule has 0 saturated heterocycles. The third kappa shape index (κ3) is 3.12. The van der Waals surface area contributed by atoms with Gasteiger partial charge >= 0.3 is 0 Å². The van der Waals surface area contributed by atoms with Gasteiger partial charge in [-0.15, -0.1) is 10.2 Å². The molecule has 0 N–H and O–H groups in total. The Hall–Kier alpha value is -1.71. The summed E-state index contributed by atoms with van der Waals surface area (Å²) in [6, 6.07) is 6.01. The topological polar surface area (TPSA) is 38.9 Å². The van der Waals surface area contributed by atoms with E-state index < -0.39 is 0 Å². The molecule has 4 heteroatoms. The maximum Gasteiger partial charge on any atom is 0.247 e. The molecule has 0 atom stereocenters. The van der Waals surface area contributed by atoms with E-state index in [4.69, 9.17) is 4.42 Å². The maximum atomic E-state index is 12.8. The first-order chi connectivity index (χ1) is 7.94. The number of benzene rings is 1. The molecular formula is C13H15FN2O. The molecule has 1 aromatic carbocycles. The smallest absolute Gasteiger partial charge is 0.247 e. The van der Waals surface area contributed by atoms with Crippen LogP contribution in [0.4, 0.5) is 4.39 Å². The van der Waals surface area contributed by atoms with E-state index in [2.05, 4.69) is 31.0 Å². The van der Waals surface area contributed by atoms with Crippen LogP contribution in [-0.4, -0.2) is 10.2 Å². The van der Waals surface area contributed by atoms with Crippen molar-refractivity contribution in [1.29, 1.82) is 0 Å². The predicted octanol–water partition coefficient (Wildman–Crippen LogP) is 3.46. The molecule has 0 spiro atoms. The van der Waals surface area contributed by atoms with E-state index in [0.29, 0.717) is 11.8 Å². The molecule has 0 aliphatic carbocycles. The summed E-state index contributed by atoms with van der Waals surface area (Å²) in [7, 11) is 0. The molecule has 0 radical (unpaired) electrons. The number of hydrogen-bond acceptors (Lipinski definition) is 3. The first kappa shape index (κ1) is 11.8. The summed E-state index contributed by atoms with van der Waals surface area (Å²) >= 11 is 0. The molecule has 0 aliphatic rings. The lowest BCUT2D eigenvalue weighted by Gasteiger charge is -2.14. The predicted molar refractivity (Wildman–Crippen MR) is 62.9 cm³/mol. The van der Waals surface area contributed by atoms with Crippen LogP contribution in [0, 0.1) is 11.2 Å². The summed E-state index contributed by atoms with van der Waals surface area (Å²) < 4.78 is 18.3. The zero-order valence-electron chi connectivity index (χ0n) is 10.2. The fraction of sp³-hybridized carbons (Fsp3) is 0.385. The minimum Gasteiger partial charge on any atom is -0.421 e. The Morgan fingerprint density at radius 2 is 1.76 bits per heavy atom. The highest BCUT2D eigenvalue weighted by molar-refractivity contribution is 5.51.